The molecule has 0 spiro atoms. The number of sulfonamides is 1. The van der Waals surface area contributed by atoms with E-state index in [-0.39, 0.29) is 22.3 Å². The fraction of sp³-hybridized carbons (Fsp3) is 0.500. The first-order chi connectivity index (χ1) is 9.37. The lowest BCUT2D eigenvalue weighted by molar-refractivity contribution is -0.384. The number of rotatable bonds is 5. The van der Waals surface area contributed by atoms with Crippen molar-refractivity contribution in [2.45, 2.75) is 30.2 Å². The zero-order chi connectivity index (χ0) is 14.9. The first-order valence-corrected chi connectivity index (χ1v) is 7.76. The van der Waals surface area contributed by atoms with Gasteiger partial charge in [-0.05, 0) is 18.9 Å². The fourth-order valence-electron chi connectivity index (χ4n) is 2.15. The number of nitrogens with one attached hydrogen (secondary N) is 1. The van der Waals surface area contributed by atoms with Crippen molar-refractivity contribution in [3.05, 3.63) is 28.3 Å². The van der Waals surface area contributed by atoms with Gasteiger partial charge >= 0.3 is 0 Å². The number of non-ortho nitro benzene ring substituents is 1. The molecule has 0 unspecified atom stereocenters. The van der Waals surface area contributed by atoms with Gasteiger partial charge in [-0.15, -0.1) is 0 Å². The molecular formula is C12H17N3O4S. The molecule has 1 aromatic carbocycles. The lowest BCUT2D eigenvalue weighted by Gasteiger charge is -2.34. The van der Waals surface area contributed by atoms with Crippen LogP contribution in [0.25, 0.3) is 0 Å². The highest BCUT2D eigenvalue weighted by Crippen LogP contribution is 2.32. The Morgan fingerprint density at radius 1 is 1.40 bits per heavy atom. The molecule has 7 nitrogen and oxygen atoms in total. The Hall–Kier alpha value is -1.67. The second-order valence-corrected chi connectivity index (χ2v) is 6.76. The highest BCUT2D eigenvalue weighted by atomic mass is 32.2. The average molecular weight is 299 g/mol. The molecule has 0 bridgehead atoms. The van der Waals surface area contributed by atoms with Crippen LogP contribution in [-0.4, -0.2) is 37.8 Å². The molecule has 1 aliphatic carbocycles. The largest absolute Gasteiger partial charge is 0.387 e. The second kappa shape index (κ2) is 5.37. The highest BCUT2D eigenvalue weighted by molar-refractivity contribution is 7.89. The molecule has 2 rings (SSSR count). The number of hydrogen-bond acceptors (Lipinski definition) is 5. The molecule has 0 heterocycles. The van der Waals surface area contributed by atoms with Crippen LogP contribution < -0.4 is 5.32 Å². The molecule has 0 atom stereocenters. The summed E-state index contributed by atoms with van der Waals surface area (Å²) in [6, 6.07) is 3.76. The van der Waals surface area contributed by atoms with E-state index in [2.05, 4.69) is 5.32 Å². The van der Waals surface area contributed by atoms with Crippen LogP contribution in [0.4, 0.5) is 11.4 Å². The molecule has 8 heteroatoms. The van der Waals surface area contributed by atoms with Crippen molar-refractivity contribution in [3.8, 4) is 0 Å². The van der Waals surface area contributed by atoms with Crippen LogP contribution in [0.5, 0.6) is 0 Å². The maximum Gasteiger partial charge on any atom is 0.271 e. The summed E-state index contributed by atoms with van der Waals surface area (Å²) >= 11 is 0. The van der Waals surface area contributed by atoms with E-state index in [1.807, 2.05) is 0 Å². The van der Waals surface area contributed by atoms with Crippen molar-refractivity contribution in [1.29, 1.82) is 0 Å². The van der Waals surface area contributed by atoms with Gasteiger partial charge < -0.3 is 5.32 Å². The van der Waals surface area contributed by atoms with Gasteiger partial charge in [-0.2, -0.15) is 4.31 Å². The summed E-state index contributed by atoms with van der Waals surface area (Å²) in [6.45, 7) is 0. The van der Waals surface area contributed by atoms with Crippen molar-refractivity contribution < 1.29 is 13.3 Å². The molecule has 1 N–H and O–H groups in total. The van der Waals surface area contributed by atoms with E-state index >= 15 is 0 Å². The third-order valence-corrected chi connectivity index (χ3v) is 5.66. The summed E-state index contributed by atoms with van der Waals surface area (Å²) in [6.07, 6.45) is 2.75. The number of nitro groups is 1. The van der Waals surface area contributed by atoms with Crippen molar-refractivity contribution in [2.24, 2.45) is 0 Å². The number of hydrogen-bond donors (Lipinski definition) is 1. The van der Waals surface area contributed by atoms with E-state index in [0.29, 0.717) is 0 Å². The van der Waals surface area contributed by atoms with E-state index < -0.39 is 14.9 Å². The van der Waals surface area contributed by atoms with Gasteiger partial charge in [0.25, 0.3) is 5.69 Å². The van der Waals surface area contributed by atoms with Crippen molar-refractivity contribution in [1.82, 2.24) is 4.31 Å². The summed E-state index contributed by atoms with van der Waals surface area (Å²) in [5.41, 5.74) is 0.102. The molecule has 1 saturated carbocycles. The Labute approximate surface area is 117 Å². The van der Waals surface area contributed by atoms with E-state index in [9.17, 15) is 18.5 Å². The smallest absolute Gasteiger partial charge is 0.271 e. The Balaban J connectivity index is 2.42. The third kappa shape index (κ3) is 2.48. The van der Waals surface area contributed by atoms with E-state index in [1.165, 1.54) is 22.5 Å². The van der Waals surface area contributed by atoms with Gasteiger partial charge in [0.05, 0.1) is 10.6 Å². The van der Waals surface area contributed by atoms with Gasteiger partial charge in [-0.1, -0.05) is 6.42 Å². The number of anilines is 1. The van der Waals surface area contributed by atoms with Gasteiger partial charge in [0, 0.05) is 32.3 Å². The van der Waals surface area contributed by atoms with Gasteiger partial charge in [0.2, 0.25) is 10.0 Å². The summed E-state index contributed by atoms with van der Waals surface area (Å²) in [7, 11) is -0.537. The molecule has 0 aromatic heterocycles. The predicted octanol–water partition coefficient (Wildman–Crippen LogP) is 1.81. The molecule has 1 aliphatic rings. The van der Waals surface area contributed by atoms with Crippen molar-refractivity contribution >= 4 is 21.4 Å². The molecule has 0 saturated heterocycles. The summed E-state index contributed by atoms with van der Waals surface area (Å²) in [4.78, 5) is 10.3. The summed E-state index contributed by atoms with van der Waals surface area (Å²) in [5, 5.41) is 13.5. The maximum absolute atomic E-state index is 12.5. The van der Waals surface area contributed by atoms with Gasteiger partial charge in [-0.3, -0.25) is 10.1 Å². The monoisotopic (exact) mass is 299 g/mol. The van der Waals surface area contributed by atoms with Crippen LogP contribution in [-0.2, 0) is 10.0 Å². The molecule has 110 valence electrons. The first kappa shape index (κ1) is 14.7. The highest BCUT2D eigenvalue weighted by Gasteiger charge is 2.33. The maximum atomic E-state index is 12.5. The van der Waals surface area contributed by atoms with Crippen LogP contribution in [0.1, 0.15) is 19.3 Å². The molecule has 1 fully saturated rings. The van der Waals surface area contributed by atoms with E-state index in [4.69, 9.17) is 0 Å². The quantitative estimate of drug-likeness (QED) is 0.661. The standard InChI is InChI=1S/C12H17N3O4S/c1-13-11-8-10(15(16)17)6-7-12(11)20(18,19)14(2)9-4-3-5-9/h6-9,13H,3-5H2,1-2H3. The van der Waals surface area contributed by atoms with Crippen LogP contribution in [0, 0.1) is 10.1 Å². The van der Waals surface area contributed by atoms with Crippen LogP contribution in [0.2, 0.25) is 0 Å². The Morgan fingerprint density at radius 3 is 2.50 bits per heavy atom. The normalized spacial score (nSPS) is 15.9. The predicted molar refractivity (Wildman–Crippen MR) is 75.2 cm³/mol. The fourth-order valence-corrected chi connectivity index (χ4v) is 3.75. The summed E-state index contributed by atoms with van der Waals surface area (Å²) in [5.74, 6) is 0. The molecule has 20 heavy (non-hydrogen) atoms. The van der Waals surface area contributed by atoms with Crippen LogP contribution in [0.3, 0.4) is 0 Å². The zero-order valence-corrected chi connectivity index (χ0v) is 12.2. The van der Waals surface area contributed by atoms with E-state index in [1.54, 1.807) is 14.1 Å². The summed E-state index contributed by atoms with van der Waals surface area (Å²) < 4.78 is 26.4. The minimum atomic E-state index is -3.64. The Morgan fingerprint density at radius 2 is 2.05 bits per heavy atom. The minimum Gasteiger partial charge on any atom is -0.387 e. The van der Waals surface area contributed by atoms with Crippen molar-refractivity contribution in [2.75, 3.05) is 19.4 Å². The second-order valence-electron chi connectivity index (χ2n) is 4.79. The zero-order valence-electron chi connectivity index (χ0n) is 11.4. The molecule has 0 aliphatic heterocycles. The SMILES string of the molecule is CNc1cc([N+](=O)[O-])ccc1S(=O)(=O)N(C)C1CCC1. The first-order valence-electron chi connectivity index (χ1n) is 6.32. The molecule has 0 radical (unpaired) electrons. The van der Waals surface area contributed by atoms with Gasteiger partial charge in [0.1, 0.15) is 4.90 Å². The van der Waals surface area contributed by atoms with Gasteiger partial charge in [0.15, 0.2) is 0 Å². The number of nitro benzene ring substituents is 1. The topological polar surface area (TPSA) is 92.5 Å². The molecular weight excluding hydrogens is 282 g/mol. The van der Waals surface area contributed by atoms with Crippen LogP contribution in [0.15, 0.2) is 23.1 Å². The van der Waals surface area contributed by atoms with E-state index in [0.717, 1.165) is 19.3 Å². The Bertz CT molecular complexity index is 626. The Kier molecular flexibility index (Phi) is 3.96. The molecule has 1 aromatic rings. The molecule has 0 amide bonds. The lowest BCUT2D eigenvalue weighted by atomic mass is 9.94. The van der Waals surface area contributed by atoms with Gasteiger partial charge in [-0.25, -0.2) is 8.42 Å². The lowest BCUT2D eigenvalue weighted by Crippen LogP contribution is -2.41. The third-order valence-electron chi connectivity index (χ3n) is 3.69. The number of benzene rings is 1. The average Bonchev–Trinajstić information content (AvgIpc) is 2.35. The van der Waals surface area contributed by atoms with Crippen LogP contribution >= 0.6 is 0 Å². The minimum absolute atomic E-state index is 0.0277. The van der Waals surface area contributed by atoms with Crippen molar-refractivity contribution in [3.63, 3.8) is 0 Å². The number of nitrogens with zero attached hydrogens (tertiary/aromatic N) is 2.